The third kappa shape index (κ3) is 3.61. The van der Waals surface area contributed by atoms with Crippen molar-refractivity contribution in [3.8, 4) is 11.5 Å². The molecule has 7 rings (SSSR count). The molecule has 3 fully saturated rings. The predicted molar refractivity (Wildman–Crippen MR) is 153 cm³/mol. The summed E-state index contributed by atoms with van der Waals surface area (Å²) in [5, 5.41) is 2.09. The third-order valence-electron chi connectivity index (χ3n) is 9.69. The summed E-state index contributed by atoms with van der Waals surface area (Å²) in [4.78, 5) is 32.5. The first kappa shape index (κ1) is 25.2. The summed E-state index contributed by atoms with van der Waals surface area (Å²) >= 11 is 0. The molecule has 2 N–H and O–H groups in total. The molecule has 4 heterocycles. The van der Waals surface area contributed by atoms with E-state index < -0.39 is 17.7 Å². The fraction of sp³-hybridized carbons (Fsp3) is 0.469. The maximum Gasteiger partial charge on any atom is 0.404 e. The minimum atomic E-state index is -0.783. The lowest BCUT2D eigenvalue weighted by Crippen LogP contribution is -2.60. The highest BCUT2D eigenvalue weighted by Crippen LogP contribution is 2.57. The standard InChI is InChI=1S/C32H36N4O4/c1-18-23-10-9-21(29(37)36-17-22-11-12-32(36,31(2,3)4)27(22)40-30(33)38)15-25(23)39-26(18)24-14-20-6-5-13-34-28(20)35(24)16-19-7-8-19/h5-6,9-10,13-15,19,22,27H,7-8,11-12,16-17H2,1-4H3,(H2,33,38)/t22?,27-,32?/m1/s1. The second-order valence-corrected chi connectivity index (χ2v) is 13.0. The van der Waals surface area contributed by atoms with E-state index in [0.29, 0.717) is 23.6 Å². The van der Waals surface area contributed by atoms with Crippen molar-refractivity contribution in [2.24, 2.45) is 23.0 Å². The number of amides is 2. The van der Waals surface area contributed by atoms with Crippen LogP contribution in [0.3, 0.4) is 0 Å². The summed E-state index contributed by atoms with van der Waals surface area (Å²) in [6.45, 7) is 9.88. The molecule has 1 aliphatic heterocycles. The first-order chi connectivity index (χ1) is 19.1. The number of primary amides is 1. The second kappa shape index (κ2) is 8.59. The monoisotopic (exact) mass is 540 g/mol. The number of carbonyl (C=O) groups is 2. The van der Waals surface area contributed by atoms with Gasteiger partial charge in [0.15, 0.2) is 5.76 Å². The van der Waals surface area contributed by atoms with E-state index in [1.165, 1.54) is 12.8 Å². The van der Waals surface area contributed by atoms with Gasteiger partial charge in [-0.25, -0.2) is 9.78 Å². The van der Waals surface area contributed by atoms with E-state index in [9.17, 15) is 9.59 Å². The van der Waals surface area contributed by atoms with E-state index in [1.807, 2.05) is 35.4 Å². The Morgan fingerprint density at radius 3 is 2.70 bits per heavy atom. The number of piperidine rings is 1. The van der Waals surface area contributed by atoms with Crippen LogP contribution in [0.5, 0.6) is 0 Å². The van der Waals surface area contributed by atoms with Gasteiger partial charge in [-0.05, 0) is 74.3 Å². The summed E-state index contributed by atoms with van der Waals surface area (Å²) in [7, 11) is 0. The lowest BCUT2D eigenvalue weighted by atomic mass is 9.70. The highest BCUT2D eigenvalue weighted by atomic mass is 16.6. The molecule has 2 saturated carbocycles. The molecule has 1 saturated heterocycles. The highest BCUT2D eigenvalue weighted by Gasteiger charge is 2.66. The Kier molecular flexibility index (Phi) is 5.41. The third-order valence-corrected chi connectivity index (χ3v) is 9.69. The average molecular weight is 541 g/mol. The van der Waals surface area contributed by atoms with Crippen molar-refractivity contribution in [3.05, 3.63) is 53.7 Å². The van der Waals surface area contributed by atoms with Gasteiger partial charge in [-0.2, -0.15) is 0 Å². The van der Waals surface area contributed by atoms with Gasteiger partial charge in [0.1, 0.15) is 17.3 Å². The van der Waals surface area contributed by atoms with Gasteiger partial charge in [-0.3, -0.25) is 4.79 Å². The minimum Gasteiger partial charge on any atom is -0.454 e. The van der Waals surface area contributed by atoms with Crippen molar-refractivity contribution in [1.29, 1.82) is 0 Å². The van der Waals surface area contributed by atoms with Gasteiger partial charge in [-0.15, -0.1) is 0 Å². The Hall–Kier alpha value is -3.81. The Bertz CT molecular complexity index is 1670. The molecule has 3 aliphatic rings. The number of fused-ring (bicyclic) bond motifs is 4. The zero-order valence-electron chi connectivity index (χ0n) is 23.6. The number of pyridine rings is 1. The lowest BCUT2D eigenvalue weighted by molar-refractivity contribution is -0.0359. The number of likely N-dealkylation sites (tertiary alicyclic amines) is 1. The van der Waals surface area contributed by atoms with Crippen molar-refractivity contribution < 1.29 is 18.7 Å². The van der Waals surface area contributed by atoms with Gasteiger partial charge in [0, 0.05) is 47.1 Å². The summed E-state index contributed by atoms with van der Waals surface area (Å²) < 4.78 is 14.5. The molecule has 2 amide bonds. The molecular weight excluding hydrogens is 504 g/mol. The van der Waals surface area contributed by atoms with Gasteiger partial charge in [-0.1, -0.05) is 26.8 Å². The predicted octanol–water partition coefficient (Wildman–Crippen LogP) is 6.28. The number of hydrogen-bond acceptors (Lipinski definition) is 5. The number of hydrogen-bond donors (Lipinski definition) is 1. The van der Waals surface area contributed by atoms with Crippen molar-refractivity contribution >= 4 is 34.0 Å². The lowest BCUT2D eigenvalue weighted by Gasteiger charge is -2.49. The molecule has 4 aromatic rings. The SMILES string of the molecule is Cc1c(-c2cc3cccnc3n2CC2CC2)oc2cc(C(=O)N3CC4CCC3(C(C)(C)C)[C@@H]4OC(N)=O)ccc12. The Labute approximate surface area is 233 Å². The molecule has 8 heteroatoms. The van der Waals surface area contributed by atoms with Gasteiger partial charge >= 0.3 is 6.09 Å². The molecule has 2 aliphatic carbocycles. The quantitative estimate of drug-likeness (QED) is 0.321. The number of nitrogens with two attached hydrogens (primary N) is 1. The molecule has 3 aromatic heterocycles. The first-order valence-corrected chi connectivity index (χ1v) is 14.3. The smallest absolute Gasteiger partial charge is 0.404 e. The van der Waals surface area contributed by atoms with Gasteiger partial charge < -0.3 is 24.4 Å². The maximum atomic E-state index is 14.1. The Morgan fingerprint density at radius 2 is 1.98 bits per heavy atom. The largest absolute Gasteiger partial charge is 0.454 e. The summed E-state index contributed by atoms with van der Waals surface area (Å²) in [6, 6.07) is 12.0. The van der Waals surface area contributed by atoms with Crippen LogP contribution in [-0.4, -0.2) is 44.6 Å². The van der Waals surface area contributed by atoms with Crippen LogP contribution in [0.15, 0.2) is 47.0 Å². The fourth-order valence-electron chi connectivity index (χ4n) is 7.53. The number of benzene rings is 1. The van der Waals surface area contributed by atoms with Crippen LogP contribution >= 0.6 is 0 Å². The maximum absolute atomic E-state index is 14.1. The molecule has 0 spiro atoms. The summed E-state index contributed by atoms with van der Waals surface area (Å²) in [6.07, 6.45) is 4.82. The minimum absolute atomic E-state index is 0.0697. The van der Waals surface area contributed by atoms with E-state index in [-0.39, 0.29) is 17.2 Å². The van der Waals surface area contributed by atoms with Crippen LogP contribution in [0.2, 0.25) is 0 Å². The van der Waals surface area contributed by atoms with Crippen molar-refractivity contribution in [2.75, 3.05) is 6.54 Å². The average Bonchev–Trinajstić information content (AvgIpc) is 3.30. The number of ether oxygens (including phenoxy) is 1. The molecule has 208 valence electrons. The number of aryl methyl sites for hydroxylation is 1. The number of carbonyl (C=O) groups excluding carboxylic acids is 2. The van der Waals surface area contributed by atoms with Crippen molar-refractivity contribution in [2.45, 2.75) is 71.6 Å². The number of nitrogens with zero attached hydrogens (tertiary/aromatic N) is 3. The van der Waals surface area contributed by atoms with E-state index in [4.69, 9.17) is 14.9 Å². The van der Waals surface area contributed by atoms with E-state index in [0.717, 1.165) is 52.8 Å². The molecular formula is C32H36N4O4. The molecule has 2 unspecified atom stereocenters. The molecule has 2 bridgehead atoms. The molecule has 1 aromatic carbocycles. The van der Waals surface area contributed by atoms with Crippen LogP contribution in [0.25, 0.3) is 33.5 Å². The normalized spacial score (nSPS) is 24.4. The van der Waals surface area contributed by atoms with Crippen LogP contribution in [-0.2, 0) is 11.3 Å². The highest BCUT2D eigenvalue weighted by molar-refractivity contribution is 6.00. The summed E-state index contributed by atoms with van der Waals surface area (Å²) in [5.74, 6) is 1.51. The second-order valence-electron chi connectivity index (χ2n) is 13.0. The van der Waals surface area contributed by atoms with Crippen molar-refractivity contribution in [3.63, 3.8) is 0 Å². The number of rotatable bonds is 5. The van der Waals surface area contributed by atoms with Crippen LogP contribution in [0.1, 0.15) is 62.4 Å². The summed E-state index contributed by atoms with van der Waals surface area (Å²) in [5.41, 5.74) is 8.86. The zero-order valence-corrected chi connectivity index (χ0v) is 23.6. The van der Waals surface area contributed by atoms with Gasteiger partial charge in [0.25, 0.3) is 5.91 Å². The number of furan rings is 1. The first-order valence-electron chi connectivity index (χ1n) is 14.3. The van der Waals surface area contributed by atoms with E-state index >= 15 is 0 Å². The van der Waals surface area contributed by atoms with Crippen LogP contribution < -0.4 is 5.73 Å². The van der Waals surface area contributed by atoms with Crippen LogP contribution in [0, 0.1) is 24.2 Å². The number of aromatic nitrogens is 2. The Morgan fingerprint density at radius 1 is 1.18 bits per heavy atom. The topological polar surface area (TPSA) is 104 Å². The Balaban J connectivity index is 1.28. The molecule has 8 nitrogen and oxygen atoms in total. The fourth-order valence-corrected chi connectivity index (χ4v) is 7.53. The van der Waals surface area contributed by atoms with Crippen molar-refractivity contribution in [1.82, 2.24) is 14.5 Å². The van der Waals surface area contributed by atoms with Gasteiger partial charge in [0.2, 0.25) is 0 Å². The van der Waals surface area contributed by atoms with Crippen LogP contribution in [0.4, 0.5) is 4.79 Å². The van der Waals surface area contributed by atoms with Gasteiger partial charge in [0.05, 0.1) is 11.2 Å². The molecule has 40 heavy (non-hydrogen) atoms. The van der Waals surface area contributed by atoms with E-state index in [1.54, 1.807) is 0 Å². The molecule has 3 atom stereocenters. The zero-order chi connectivity index (χ0) is 28.0. The molecule has 0 radical (unpaired) electrons. The van der Waals surface area contributed by atoms with E-state index in [2.05, 4.69) is 49.4 Å².